The average molecular weight is 306 g/mol. The van der Waals surface area contributed by atoms with E-state index in [1.54, 1.807) is 0 Å². The Hall–Kier alpha value is -0.900. The molecule has 1 heterocycles. The fourth-order valence-electron chi connectivity index (χ4n) is 2.68. The molecular formula is C19H34N2O. The molecule has 0 aromatic heterocycles. The van der Waals surface area contributed by atoms with Gasteiger partial charge >= 0.3 is 0 Å². The lowest BCUT2D eigenvalue weighted by Gasteiger charge is -2.23. The summed E-state index contributed by atoms with van der Waals surface area (Å²) >= 11 is 0. The molecule has 0 unspecified atom stereocenters. The van der Waals surface area contributed by atoms with Crippen molar-refractivity contribution in [3.63, 3.8) is 0 Å². The predicted molar refractivity (Wildman–Crippen MR) is 96.0 cm³/mol. The van der Waals surface area contributed by atoms with Gasteiger partial charge in [0.25, 0.3) is 0 Å². The van der Waals surface area contributed by atoms with E-state index in [0.29, 0.717) is 6.23 Å². The van der Waals surface area contributed by atoms with Crippen molar-refractivity contribution in [2.24, 2.45) is 0 Å². The Bertz CT molecular complexity index is 337. The zero-order chi connectivity index (χ0) is 16.0. The highest BCUT2D eigenvalue weighted by atomic mass is 16.5. The van der Waals surface area contributed by atoms with Crippen LogP contribution in [0.1, 0.15) is 46.0 Å². The number of ether oxygens (including phenoxy) is 1. The van der Waals surface area contributed by atoms with Crippen LogP contribution in [0.15, 0.2) is 36.5 Å². The van der Waals surface area contributed by atoms with E-state index in [1.165, 1.54) is 44.2 Å². The maximum Gasteiger partial charge on any atom is 0.110 e. The third-order valence-corrected chi connectivity index (χ3v) is 3.77. The largest absolute Gasteiger partial charge is 0.363 e. The monoisotopic (exact) mass is 306 g/mol. The maximum atomic E-state index is 5.70. The van der Waals surface area contributed by atoms with Crippen LogP contribution in [0.4, 0.5) is 0 Å². The molecule has 3 heteroatoms. The number of allylic oxidation sites excluding steroid dienone is 4. The van der Waals surface area contributed by atoms with Gasteiger partial charge in [-0.25, -0.2) is 0 Å². The minimum absolute atomic E-state index is 0.381. The highest BCUT2D eigenvalue weighted by Crippen LogP contribution is 2.17. The van der Waals surface area contributed by atoms with Crippen molar-refractivity contribution in [2.45, 2.75) is 52.2 Å². The molecule has 0 spiro atoms. The quantitative estimate of drug-likeness (QED) is 0.544. The Balaban J connectivity index is 0.000000335. The summed E-state index contributed by atoms with van der Waals surface area (Å²) < 4.78 is 5.70. The zero-order valence-electron chi connectivity index (χ0n) is 14.5. The Labute approximate surface area is 137 Å². The SMILES string of the molecule is C1=CCCC=C1.C=C(C)CNCCCN1CCC[C@@H]1OCC. The van der Waals surface area contributed by atoms with Gasteiger partial charge in [-0.3, -0.25) is 4.90 Å². The van der Waals surface area contributed by atoms with Crippen LogP contribution < -0.4 is 5.32 Å². The van der Waals surface area contributed by atoms with Crippen LogP contribution in [0.25, 0.3) is 0 Å². The minimum atomic E-state index is 0.381. The first kappa shape index (κ1) is 19.1. The molecule has 0 saturated carbocycles. The molecule has 0 radical (unpaired) electrons. The Kier molecular flexibility index (Phi) is 11.0. The lowest BCUT2D eigenvalue weighted by Crippen LogP contribution is -2.34. The van der Waals surface area contributed by atoms with E-state index in [2.05, 4.69) is 54.9 Å². The number of rotatable bonds is 8. The molecule has 1 atom stereocenters. The van der Waals surface area contributed by atoms with Crippen LogP contribution in [0.5, 0.6) is 0 Å². The van der Waals surface area contributed by atoms with Gasteiger partial charge in [0.2, 0.25) is 0 Å². The normalized spacial score (nSPS) is 20.7. The van der Waals surface area contributed by atoms with Crippen molar-refractivity contribution in [2.75, 3.05) is 32.8 Å². The highest BCUT2D eigenvalue weighted by Gasteiger charge is 2.23. The first-order chi connectivity index (χ1) is 10.7. The summed E-state index contributed by atoms with van der Waals surface area (Å²) in [5, 5.41) is 3.39. The second-order valence-corrected chi connectivity index (χ2v) is 6.01. The van der Waals surface area contributed by atoms with Crippen LogP contribution in [-0.4, -0.2) is 43.9 Å². The topological polar surface area (TPSA) is 24.5 Å². The van der Waals surface area contributed by atoms with Crippen LogP contribution in [0.2, 0.25) is 0 Å². The van der Waals surface area contributed by atoms with Gasteiger partial charge in [0.1, 0.15) is 6.23 Å². The highest BCUT2D eigenvalue weighted by molar-refractivity contribution is 5.07. The second-order valence-electron chi connectivity index (χ2n) is 6.01. The standard InChI is InChI=1S/C13H26N2O.C6H8/c1-4-16-13-7-5-9-15(13)10-6-8-14-11-12(2)3;1-2-4-6-5-3-1/h13-14H,2,4-11H2,1,3H3;1-4H,5-6H2/t13-;/m0./s1. The van der Waals surface area contributed by atoms with Gasteiger partial charge < -0.3 is 10.1 Å². The number of nitrogens with one attached hydrogen (secondary N) is 1. The molecule has 2 rings (SSSR count). The summed E-state index contributed by atoms with van der Waals surface area (Å²) in [5.41, 5.74) is 1.20. The summed E-state index contributed by atoms with van der Waals surface area (Å²) in [6.07, 6.45) is 15.1. The van der Waals surface area contributed by atoms with Gasteiger partial charge in [-0.05, 0) is 52.5 Å². The Morgan fingerprint density at radius 3 is 2.59 bits per heavy atom. The summed E-state index contributed by atoms with van der Waals surface area (Å²) in [6, 6.07) is 0. The lowest BCUT2D eigenvalue weighted by atomic mass is 10.2. The molecule has 3 nitrogen and oxygen atoms in total. The maximum absolute atomic E-state index is 5.70. The van der Waals surface area contributed by atoms with E-state index in [1.807, 2.05) is 0 Å². The third-order valence-electron chi connectivity index (χ3n) is 3.77. The second kappa shape index (κ2) is 12.6. The van der Waals surface area contributed by atoms with Crippen molar-refractivity contribution in [3.05, 3.63) is 36.5 Å². The van der Waals surface area contributed by atoms with Crippen molar-refractivity contribution in [1.29, 1.82) is 0 Å². The molecule has 0 amide bonds. The summed E-state index contributed by atoms with van der Waals surface area (Å²) in [5.74, 6) is 0. The van der Waals surface area contributed by atoms with Crippen molar-refractivity contribution >= 4 is 0 Å². The molecule has 0 bridgehead atoms. The number of nitrogens with zero attached hydrogens (tertiary/aromatic N) is 1. The van der Waals surface area contributed by atoms with E-state index >= 15 is 0 Å². The molecule has 1 N–H and O–H groups in total. The first-order valence-corrected chi connectivity index (χ1v) is 8.76. The molecular weight excluding hydrogens is 272 g/mol. The van der Waals surface area contributed by atoms with Crippen LogP contribution >= 0.6 is 0 Å². The fourth-order valence-corrected chi connectivity index (χ4v) is 2.68. The molecule has 1 aliphatic heterocycles. The number of hydrogen-bond acceptors (Lipinski definition) is 3. The molecule has 22 heavy (non-hydrogen) atoms. The minimum Gasteiger partial charge on any atom is -0.363 e. The Morgan fingerprint density at radius 1 is 1.32 bits per heavy atom. The molecule has 0 aromatic carbocycles. The first-order valence-electron chi connectivity index (χ1n) is 8.76. The predicted octanol–water partition coefficient (Wildman–Crippen LogP) is 3.89. The summed E-state index contributed by atoms with van der Waals surface area (Å²) in [6.45, 7) is 13.2. The molecule has 2 aliphatic rings. The van der Waals surface area contributed by atoms with Gasteiger partial charge in [-0.1, -0.05) is 36.5 Å². The third kappa shape index (κ3) is 9.19. The number of likely N-dealkylation sites (tertiary alicyclic amines) is 1. The van der Waals surface area contributed by atoms with Crippen LogP contribution in [0, 0.1) is 0 Å². The average Bonchev–Trinajstić information content (AvgIpc) is 2.97. The molecule has 1 saturated heterocycles. The van der Waals surface area contributed by atoms with Gasteiger partial charge in [-0.2, -0.15) is 0 Å². The van der Waals surface area contributed by atoms with E-state index in [9.17, 15) is 0 Å². The van der Waals surface area contributed by atoms with Crippen LogP contribution in [-0.2, 0) is 4.74 Å². The van der Waals surface area contributed by atoms with E-state index < -0.39 is 0 Å². The van der Waals surface area contributed by atoms with Crippen molar-refractivity contribution in [3.8, 4) is 0 Å². The fraction of sp³-hybridized carbons (Fsp3) is 0.684. The molecule has 126 valence electrons. The summed E-state index contributed by atoms with van der Waals surface area (Å²) in [4.78, 5) is 2.46. The molecule has 0 aromatic rings. The van der Waals surface area contributed by atoms with Gasteiger partial charge in [0, 0.05) is 26.2 Å². The van der Waals surface area contributed by atoms with Crippen LogP contribution in [0.3, 0.4) is 0 Å². The van der Waals surface area contributed by atoms with Gasteiger partial charge in [-0.15, -0.1) is 0 Å². The van der Waals surface area contributed by atoms with Gasteiger partial charge in [0.15, 0.2) is 0 Å². The number of hydrogen-bond donors (Lipinski definition) is 1. The lowest BCUT2D eigenvalue weighted by molar-refractivity contribution is -0.0294. The van der Waals surface area contributed by atoms with Gasteiger partial charge in [0.05, 0.1) is 0 Å². The Morgan fingerprint density at radius 2 is 2.05 bits per heavy atom. The smallest absolute Gasteiger partial charge is 0.110 e. The van der Waals surface area contributed by atoms with E-state index in [4.69, 9.17) is 4.74 Å². The van der Waals surface area contributed by atoms with E-state index in [0.717, 1.165) is 26.2 Å². The molecule has 1 aliphatic carbocycles. The van der Waals surface area contributed by atoms with Crippen molar-refractivity contribution in [1.82, 2.24) is 10.2 Å². The molecule has 1 fully saturated rings. The van der Waals surface area contributed by atoms with Crippen molar-refractivity contribution < 1.29 is 4.74 Å². The summed E-state index contributed by atoms with van der Waals surface area (Å²) in [7, 11) is 0. The zero-order valence-corrected chi connectivity index (χ0v) is 14.5. The van der Waals surface area contributed by atoms with E-state index in [-0.39, 0.29) is 0 Å².